The van der Waals surface area contributed by atoms with E-state index in [1.54, 1.807) is 25.2 Å². The second-order valence-electron chi connectivity index (χ2n) is 13.8. The van der Waals surface area contributed by atoms with Crippen LogP contribution >= 0.6 is 0 Å². The molecule has 0 unspecified atom stereocenters. The van der Waals surface area contributed by atoms with Gasteiger partial charge in [-0.15, -0.1) is 7.05 Å². The van der Waals surface area contributed by atoms with Gasteiger partial charge in [0.2, 0.25) is 0 Å². The smallest absolute Gasteiger partial charge is 0.312 e. The van der Waals surface area contributed by atoms with E-state index >= 15 is 0 Å². The van der Waals surface area contributed by atoms with Crippen LogP contribution in [0.25, 0.3) is 16.2 Å². The molecule has 0 saturated carbocycles. The number of phenols is 3. The molecule has 3 aliphatic rings. The maximum Gasteiger partial charge on any atom is 0.312 e. The van der Waals surface area contributed by atoms with Crippen LogP contribution in [0.2, 0.25) is 0 Å². The number of nitrogens with zero attached hydrogens (tertiary/aromatic N) is 2. The van der Waals surface area contributed by atoms with E-state index in [1.807, 2.05) is 27.7 Å². The van der Waals surface area contributed by atoms with Crippen LogP contribution in [0.1, 0.15) is 70.0 Å². The molecule has 0 aliphatic carbocycles. The average Bonchev–Trinajstić information content (AvgIpc) is 3.37. The molecule has 0 saturated heterocycles. The van der Waals surface area contributed by atoms with Gasteiger partial charge < -0.3 is 55.6 Å². The first-order valence-corrected chi connectivity index (χ1v) is 17.0. The van der Waals surface area contributed by atoms with Gasteiger partial charge in [-0.05, 0) is 37.7 Å². The second-order valence-corrected chi connectivity index (χ2v) is 13.8. The molecule has 3 aliphatic heterocycles. The molecule has 6 N–H and O–H groups in total. The van der Waals surface area contributed by atoms with Crippen molar-refractivity contribution in [1.29, 1.82) is 0 Å². The monoisotopic (exact) mass is 797 g/mol. The Kier molecular flexibility index (Phi) is 14.1. The molecular weight excluding hydrogens is 747 g/mol. The van der Waals surface area contributed by atoms with E-state index in [9.17, 15) is 35.1 Å². The van der Waals surface area contributed by atoms with Gasteiger partial charge in [-0.3, -0.25) is 9.59 Å². The van der Waals surface area contributed by atoms with E-state index in [1.165, 1.54) is 47.3 Å². The Morgan fingerprint density at radius 3 is 2.19 bits per heavy atom. The number of allylic oxidation sites excluding steroid dienone is 2. The molecule has 1 radical (unpaired) electrons. The van der Waals surface area contributed by atoms with E-state index in [0.717, 1.165) is 6.21 Å². The molecule has 5 bridgehead atoms. The molecule has 0 spiro atoms. The number of aliphatic hydroxyl groups is 2. The Morgan fingerprint density at radius 1 is 0.923 bits per heavy atom. The van der Waals surface area contributed by atoms with E-state index < -0.39 is 59.0 Å². The molecule has 281 valence electrons. The van der Waals surface area contributed by atoms with Gasteiger partial charge in [0.1, 0.15) is 17.2 Å². The quantitative estimate of drug-likeness (QED) is 0.0956. The molecule has 52 heavy (non-hydrogen) atoms. The zero-order chi connectivity index (χ0) is 38.1. The Labute approximate surface area is 329 Å². The van der Waals surface area contributed by atoms with Crippen molar-refractivity contribution in [3.8, 4) is 23.0 Å². The number of methoxy groups -OCH3 is 1. The second kappa shape index (κ2) is 17.1. The summed E-state index contributed by atoms with van der Waals surface area (Å²) in [5.74, 6) is -6.48. The summed E-state index contributed by atoms with van der Waals surface area (Å²) in [4.78, 5) is 27.5. The van der Waals surface area contributed by atoms with Crippen LogP contribution in [0.4, 0.5) is 5.69 Å². The molecule has 9 atom stereocenters. The van der Waals surface area contributed by atoms with E-state index in [2.05, 4.69) is 15.8 Å². The number of ketones is 1. The van der Waals surface area contributed by atoms with Gasteiger partial charge in [0.15, 0.2) is 5.75 Å². The molecule has 13 nitrogen and oxygen atoms in total. The Hall–Kier alpha value is -3.49. The topological polar surface area (TPSA) is 201 Å². The first-order valence-electron chi connectivity index (χ1n) is 17.0. The van der Waals surface area contributed by atoms with Crippen molar-refractivity contribution in [2.75, 3.05) is 19.5 Å². The summed E-state index contributed by atoms with van der Waals surface area (Å²) in [5.41, 5.74) is 3.33. The van der Waals surface area contributed by atoms with Crippen LogP contribution in [0.5, 0.6) is 23.0 Å². The number of Topliss-reactive ketones (excluding diaryl/α,β-unsaturated/α-hetero) is 1. The Morgan fingerprint density at radius 2 is 1.58 bits per heavy atom. The van der Waals surface area contributed by atoms with Gasteiger partial charge in [-0.25, -0.2) is 0 Å². The molecule has 2 aromatic carbocycles. The van der Waals surface area contributed by atoms with Gasteiger partial charge in [0, 0.05) is 81.3 Å². The number of carbonyl (C=O) groups excluding carboxylic acids is 2. The fraction of sp³-hybridized carbons (Fsp3) is 0.500. The van der Waals surface area contributed by atoms with Crippen LogP contribution < -0.4 is 10.1 Å². The van der Waals surface area contributed by atoms with Crippen molar-refractivity contribution in [2.24, 2.45) is 34.7 Å². The molecule has 1 amide bonds. The number of carbonyl (C=O) groups is 2. The number of fused-ring (bicyclic) bond motifs is 14. The number of hydrogen-bond donors (Lipinski definition) is 6. The fourth-order valence-electron chi connectivity index (χ4n) is 6.81. The minimum atomic E-state index is -1.95. The van der Waals surface area contributed by atoms with E-state index in [4.69, 9.17) is 14.2 Å². The zero-order valence-corrected chi connectivity index (χ0v) is 34.2. The van der Waals surface area contributed by atoms with Crippen molar-refractivity contribution >= 4 is 34.4 Å². The van der Waals surface area contributed by atoms with Gasteiger partial charge in [-0.2, -0.15) is 0 Å². The molecule has 0 fully saturated rings. The number of nitrogens with one attached hydrogen (secondary N) is 1. The first kappa shape index (κ1) is 42.9. The third-order valence-corrected chi connectivity index (χ3v) is 10.7. The van der Waals surface area contributed by atoms with Gasteiger partial charge >= 0.3 is 5.79 Å². The van der Waals surface area contributed by atoms with Crippen LogP contribution in [-0.4, -0.2) is 81.7 Å². The number of aromatic hydroxyl groups is 3. The summed E-state index contributed by atoms with van der Waals surface area (Å²) in [5, 5.41) is 63.0. The largest absolute Gasteiger partial charge is 0.605 e. The number of hydrogen-bond acceptors (Lipinski definition) is 11. The average molecular weight is 798 g/mol. The third-order valence-electron chi connectivity index (χ3n) is 10.7. The number of rotatable bonds is 3. The molecule has 3 heterocycles. The molecule has 0 aromatic heterocycles. The predicted octanol–water partition coefficient (Wildman–Crippen LogP) is 5.79. The van der Waals surface area contributed by atoms with Crippen molar-refractivity contribution in [2.45, 2.75) is 79.5 Å². The summed E-state index contributed by atoms with van der Waals surface area (Å²) in [6.45, 7) is 13.9. The van der Waals surface area contributed by atoms with Gasteiger partial charge in [0.25, 0.3) is 11.7 Å². The number of benzene rings is 2. The molecule has 14 heteroatoms. The number of aliphatic hydroxyl groups excluding tert-OH is 2. The van der Waals surface area contributed by atoms with Crippen molar-refractivity contribution in [3.05, 3.63) is 58.3 Å². The minimum absolute atomic E-state index is 0. The summed E-state index contributed by atoms with van der Waals surface area (Å²) >= 11 is 0. The van der Waals surface area contributed by atoms with Crippen molar-refractivity contribution in [3.63, 3.8) is 0 Å². The van der Waals surface area contributed by atoms with Gasteiger partial charge in [0.05, 0.1) is 46.8 Å². The minimum Gasteiger partial charge on any atom is -0.605 e. The summed E-state index contributed by atoms with van der Waals surface area (Å²) < 4.78 is 17.7. The standard InChI is InChI=1S/C38H51N3O10.Y/c1-17-12-11-13-18(2)37(48)41-29-24(16-40-39-9)33(45)26-27(34(29)46)32(44)23(7)35-28(26)36(47)38(8,51-35)50-15-14-25(49-10)20(4)19(3)21(5)31(43)22(6)30(17)42;/h11-17,19-22,25,30-31,42-43H,1-10H3,(H5,39,40,41,44,45,46,47,48);/p-1/b12-11+,15-14+,18-13-;/t17-,19+,20-,21-,22+,25-,30-,31-,38-;/m0./s1. The number of phenolic OH excluding ortho intramolecular Hbond substituents is 3. The zero-order valence-electron chi connectivity index (χ0n) is 31.3. The number of ether oxygens (including phenoxy) is 3. The Bertz CT molecular complexity index is 1810. The third kappa shape index (κ3) is 7.89. The SMILES string of the molecule is C[N-]/N=C/c1c2c(O)c3c(O)c(C)c4c(c3c1O)C(=O)[C@@](C)(O/C=C/[C@H](OC)[C@@H](C)[C@@H](C)[C@H](C)[C@H](O)[C@H](C)[C@@H](O)[C@@H](C)/C=C/C=C(/C)C(=O)N2)O4.[Y]. The fourth-order valence-corrected chi connectivity index (χ4v) is 6.81. The van der Waals surface area contributed by atoms with Crippen molar-refractivity contribution < 1.29 is 82.0 Å². The first-order chi connectivity index (χ1) is 23.9. The van der Waals surface area contributed by atoms with E-state index in [-0.39, 0.29) is 101 Å². The van der Waals surface area contributed by atoms with Crippen LogP contribution in [-0.2, 0) is 47.0 Å². The van der Waals surface area contributed by atoms with Crippen LogP contribution in [0.15, 0.2) is 41.2 Å². The molecule has 5 rings (SSSR count). The van der Waals surface area contributed by atoms with E-state index in [0.29, 0.717) is 0 Å². The summed E-state index contributed by atoms with van der Waals surface area (Å²) in [7, 11) is 2.92. The van der Waals surface area contributed by atoms with Gasteiger partial charge in [-0.1, -0.05) is 52.8 Å². The maximum atomic E-state index is 14.1. The number of amides is 1. The van der Waals surface area contributed by atoms with Crippen molar-refractivity contribution in [1.82, 2.24) is 0 Å². The summed E-state index contributed by atoms with van der Waals surface area (Å²) in [6, 6.07) is 0. The van der Waals surface area contributed by atoms with Crippen LogP contribution in [0.3, 0.4) is 0 Å². The Balaban J connectivity index is 0.00000729. The molecular formula is C38H50N3O10Y-. The maximum absolute atomic E-state index is 14.1. The number of anilines is 1. The normalized spacial score (nSPS) is 32.4. The molecule has 2 aromatic rings. The van der Waals surface area contributed by atoms with Crippen LogP contribution in [0, 0.1) is 36.5 Å². The predicted molar refractivity (Wildman–Crippen MR) is 194 cm³/mol. The summed E-state index contributed by atoms with van der Waals surface area (Å²) in [6.07, 6.45) is 6.61.